The Kier molecular flexibility index (Phi) is 5.62. The van der Waals surface area contributed by atoms with E-state index in [9.17, 15) is 4.79 Å². The first-order chi connectivity index (χ1) is 10.1. The lowest BCUT2D eigenvalue weighted by molar-refractivity contribution is -0.128. The van der Waals surface area contributed by atoms with E-state index in [2.05, 4.69) is 42.3 Å². The van der Waals surface area contributed by atoms with Gasteiger partial charge in [-0.3, -0.25) is 4.79 Å². The minimum absolute atomic E-state index is 0.241. The van der Waals surface area contributed by atoms with Gasteiger partial charge in [-0.2, -0.15) is 0 Å². The minimum atomic E-state index is 0.241. The quantitative estimate of drug-likeness (QED) is 0.872. The highest BCUT2D eigenvalue weighted by molar-refractivity contribution is 5.82. The highest BCUT2D eigenvalue weighted by atomic mass is 16.2. The van der Waals surface area contributed by atoms with Gasteiger partial charge in [0.1, 0.15) is 0 Å². The van der Waals surface area contributed by atoms with E-state index in [-0.39, 0.29) is 5.91 Å². The molecule has 1 aliphatic heterocycles. The molecule has 1 N–H and O–H groups in total. The van der Waals surface area contributed by atoms with Gasteiger partial charge in [0.15, 0.2) is 0 Å². The van der Waals surface area contributed by atoms with Gasteiger partial charge in [0.2, 0.25) is 5.91 Å². The Morgan fingerprint density at radius 3 is 2.71 bits per heavy atom. The van der Waals surface area contributed by atoms with Crippen molar-refractivity contribution < 1.29 is 4.79 Å². The fraction of sp³-hybridized carbons (Fsp3) is 0.588. The van der Waals surface area contributed by atoms with E-state index in [1.807, 2.05) is 11.9 Å². The van der Waals surface area contributed by atoms with Crippen molar-refractivity contribution in [3.05, 3.63) is 29.3 Å². The molecule has 4 nitrogen and oxygen atoms in total. The maximum atomic E-state index is 12.3. The van der Waals surface area contributed by atoms with Crippen LogP contribution in [0.3, 0.4) is 0 Å². The number of amides is 1. The van der Waals surface area contributed by atoms with Crippen LogP contribution in [-0.2, 0) is 11.3 Å². The van der Waals surface area contributed by atoms with Gasteiger partial charge in [0.05, 0.1) is 6.54 Å². The van der Waals surface area contributed by atoms with E-state index in [4.69, 9.17) is 0 Å². The van der Waals surface area contributed by atoms with Crippen molar-refractivity contribution in [1.29, 1.82) is 0 Å². The molecule has 0 bridgehead atoms. The number of nitrogens with zero attached hydrogens (tertiary/aromatic N) is 2. The molecule has 1 fully saturated rings. The predicted octanol–water partition coefficient (Wildman–Crippen LogP) is 2.16. The summed E-state index contributed by atoms with van der Waals surface area (Å²) in [5, 5.41) is 3.37. The molecular weight excluding hydrogens is 262 g/mol. The Bertz CT molecular complexity index is 481. The van der Waals surface area contributed by atoms with Crippen LogP contribution >= 0.6 is 0 Å². The number of nitrogens with one attached hydrogen (secondary N) is 1. The zero-order valence-corrected chi connectivity index (χ0v) is 13.5. The van der Waals surface area contributed by atoms with Crippen LogP contribution in [0.4, 0.5) is 5.69 Å². The number of carbonyl (C=O) groups excluding carboxylic acids is 1. The third kappa shape index (κ3) is 4.21. The SMILES string of the molecule is CCNCc1cc(C)ccc1N(C)CC(=O)N1CCCC1. The van der Waals surface area contributed by atoms with Crippen molar-refractivity contribution in [3.8, 4) is 0 Å². The molecule has 1 aromatic carbocycles. The number of benzene rings is 1. The molecule has 2 rings (SSSR count). The van der Waals surface area contributed by atoms with E-state index >= 15 is 0 Å². The molecule has 0 atom stereocenters. The maximum absolute atomic E-state index is 12.3. The van der Waals surface area contributed by atoms with Crippen LogP contribution in [0.5, 0.6) is 0 Å². The van der Waals surface area contributed by atoms with Crippen LogP contribution in [0.1, 0.15) is 30.9 Å². The van der Waals surface area contributed by atoms with E-state index in [0.29, 0.717) is 6.54 Å². The Labute approximate surface area is 128 Å². The summed E-state index contributed by atoms with van der Waals surface area (Å²) >= 11 is 0. The van der Waals surface area contributed by atoms with Gasteiger partial charge < -0.3 is 15.1 Å². The number of rotatable bonds is 6. The Balaban J connectivity index is 2.06. The number of anilines is 1. The summed E-state index contributed by atoms with van der Waals surface area (Å²) in [6.07, 6.45) is 2.29. The molecule has 116 valence electrons. The van der Waals surface area contributed by atoms with Gasteiger partial charge in [0, 0.05) is 32.4 Å². The number of aryl methyl sites for hydroxylation is 1. The standard InChI is InChI=1S/C17H27N3O/c1-4-18-12-15-11-14(2)7-8-16(15)19(3)13-17(21)20-9-5-6-10-20/h7-8,11,18H,4-6,9-10,12-13H2,1-3H3. The van der Waals surface area contributed by atoms with Crippen molar-refractivity contribution >= 4 is 11.6 Å². The molecule has 21 heavy (non-hydrogen) atoms. The molecule has 0 radical (unpaired) electrons. The van der Waals surface area contributed by atoms with Crippen LogP contribution in [0.25, 0.3) is 0 Å². The van der Waals surface area contributed by atoms with Gasteiger partial charge in [0.25, 0.3) is 0 Å². The summed E-state index contributed by atoms with van der Waals surface area (Å²) in [4.78, 5) is 16.3. The summed E-state index contributed by atoms with van der Waals surface area (Å²) in [6, 6.07) is 6.44. The van der Waals surface area contributed by atoms with Gasteiger partial charge in [-0.15, -0.1) is 0 Å². The number of hydrogen-bond acceptors (Lipinski definition) is 3. The second kappa shape index (κ2) is 7.46. The lowest BCUT2D eigenvalue weighted by atomic mass is 10.1. The summed E-state index contributed by atoms with van der Waals surface area (Å²) in [7, 11) is 2.01. The molecule has 1 heterocycles. The Morgan fingerprint density at radius 1 is 1.33 bits per heavy atom. The van der Waals surface area contributed by atoms with Crippen molar-refractivity contribution in [2.45, 2.75) is 33.2 Å². The highest BCUT2D eigenvalue weighted by Crippen LogP contribution is 2.21. The summed E-state index contributed by atoms with van der Waals surface area (Å²) < 4.78 is 0. The second-order valence-corrected chi connectivity index (χ2v) is 5.86. The Morgan fingerprint density at radius 2 is 2.05 bits per heavy atom. The molecule has 1 aliphatic rings. The van der Waals surface area contributed by atoms with Crippen molar-refractivity contribution in [2.24, 2.45) is 0 Å². The van der Waals surface area contributed by atoms with Crippen LogP contribution < -0.4 is 10.2 Å². The van der Waals surface area contributed by atoms with Crippen molar-refractivity contribution in [2.75, 3.05) is 38.1 Å². The molecule has 1 aromatic rings. The van der Waals surface area contributed by atoms with Gasteiger partial charge in [-0.05, 0) is 37.9 Å². The fourth-order valence-corrected chi connectivity index (χ4v) is 2.84. The van der Waals surface area contributed by atoms with Gasteiger partial charge in [-0.1, -0.05) is 24.6 Å². The normalized spacial score (nSPS) is 14.5. The molecule has 0 aliphatic carbocycles. The Hall–Kier alpha value is -1.55. The third-order valence-corrected chi connectivity index (χ3v) is 4.04. The molecule has 0 spiro atoms. The molecule has 1 amide bonds. The van der Waals surface area contributed by atoms with E-state index in [0.717, 1.165) is 44.7 Å². The van der Waals surface area contributed by atoms with E-state index in [1.165, 1.54) is 11.1 Å². The van der Waals surface area contributed by atoms with Crippen molar-refractivity contribution in [3.63, 3.8) is 0 Å². The van der Waals surface area contributed by atoms with Crippen molar-refractivity contribution in [1.82, 2.24) is 10.2 Å². The topological polar surface area (TPSA) is 35.6 Å². The zero-order valence-electron chi connectivity index (χ0n) is 13.5. The van der Waals surface area contributed by atoms with Crippen LogP contribution in [0.15, 0.2) is 18.2 Å². The summed E-state index contributed by atoms with van der Waals surface area (Å²) in [6.45, 7) is 8.31. The molecule has 0 saturated carbocycles. The first kappa shape index (κ1) is 15.8. The highest BCUT2D eigenvalue weighted by Gasteiger charge is 2.20. The molecular formula is C17H27N3O. The lowest BCUT2D eigenvalue weighted by Crippen LogP contribution is -2.37. The first-order valence-corrected chi connectivity index (χ1v) is 7.91. The smallest absolute Gasteiger partial charge is 0.242 e. The number of hydrogen-bond donors (Lipinski definition) is 1. The molecule has 0 aromatic heterocycles. The maximum Gasteiger partial charge on any atom is 0.242 e. The first-order valence-electron chi connectivity index (χ1n) is 7.91. The summed E-state index contributed by atoms with van der Waals surface area (Å²) in [5.74, 6) is 0.241. The number of likely N-dealkylation sites (N-methyl/N-ethyl adjacent to an activating group) is 1. The molecule has 4 heteroatoms. The monoisotopic (exact) mass is 289 g/mol. The average Bonchev–Trinajstić information content (AvgIpc) is 2.99. The summed E-state index contributed by atoms with van der Waals surface area (Å²) in [5.41, 5.74) is 3.66. The molecule has 1 saturated heterocycles. The minimum Gasteiger partial charge on any atom is -0.365 e. The second-order valence-electron chi connectivity index (χ2n) is 5.86. The number of likely N-dealkylation sites (tertiary alicyclic amines) is 1. The average molecular weight is 289 g/mol. The van der Waals surface area contributed by atoms with E-state index in [1.54, 1.807) is 0 Å². The number of carbonyl (C=O) groups is 1. The van der Waals surface area contributed by atoms with E-state index < -0.39 is 0 Å². The largest absolute Gasteiger partial charge is 0.365 e. The predicted molar refractivity (Wildman–Crippen MR) is 87.6 cm³/mol. The van der Waals surface area contributed by atoms with Gasteiger partial charge >= 0.3 is 0 Å². The van der Waals surface area contributed by atoms with Crippen LogP contribution in [0, 0.1) is 6.92 Å². The van der Waals surface area contributed by atoms with Crippen LogP contribution in [-0.4, -0.2) is 44.0 Å². The lowest BCUT2D eigenvalue weighted by Gasteiger charge is -2.25. The van der Waals surface area contributed by atoms with Crippen LogP contribution in [0.2, 0.25) is 0 Å². The zero-order chi connectivity index (χ0) is 15.2. The van der Waals surface area contributed by atoms with Gasteiger partial charge in [-0.25, -0.2) is 0 Å². The third-order valence-electron chi connectivity index (χ3n) is 4.04. The molecule has 0 unspecified atom stereocenters. The fourth-order valence-electron chi connectivity index (χ4n) is 2.84.